The number of morpholine rings is 1. The van der Waals surface area contributed by atoms with Crippen LogP contribution in [0.5, 0.6) is 0 Å². The molecule has 2 atom stereocenters. The summed E-state index contributed by atoms with van der Waals surface area (Å²) < 4.78 is 10.6. The zero-order valence-electron chi connectivity index (χ0n) is 9.63. The van der Waals surface area contributed by atoms with Crippen LogP contribution in [0.3, 0.4) is 0 Å². The summed E-state index contributed by atoms with van der Waals surface area (Å²) in [5.41, 5.74) is 0.795. The zero-order valence-corrected chi connectivity index (χ0v) is 9.63. The van der Waals surface area contributed by atoms with Crippen LogP contribution in [0.25, 0.3) is 0 Å². The molecule has 1 aromatic rings. The lowest BCUT2D eigenvalue weighted by atomic mass is 10.1. The fraction of sp³-hybridized carbons (Fsp3) is 0.667. The topological polar surface area (TPSA) is 45.8 Å². The van der Waals surface area contributed by atoms with Gasteiger partial charge in [-0.15, -0.1) is 0 Å². The number of furan rings is 1. The molecule has 1 N–H and O–H groups in total. The van der Waals surface area contributed by atoms with E-state index in [1.165, 1.54) is 0 Å². The van der Waals surface area contributed by atoms with E-state index in [1.54, 1.807) is 18.6 Å². The summed E-state index contributed by atoms with van der Waals surface area (Å²) in [6.07, 6.45) is 3.56. The Bertz CT molecular complexity index is 297. The van der Waals surface area contributed by atoms with E-state index < -0.39 is 6.10 Å². The quantitative estimate of drug-likeness (QED) is 0.842. The molecule has 0 aromatic carbocycles. The first-order valence-electron chi connectivity index (χ1n) is 5.85. The van der Waals surface area contributed by atoms with Crippen LogP contribution >= 0.6 is 0 Å². The van der Waals surface area contributed by atoms with Crippen molar-refractivity contribution in [2.24, 2.45) is 0 Å². The molecule has 16 heavy (non-hydrogen) atoms. The van der Waals surface area contributed by atoms with Gasteiger partial charge in [-0.3, -0.25) is 4.90 Å². The zero-order chi connectivity index (χ0) is 11.4. The van der Waals surface area contributed by atoms with Gasteiger partial charge in [0.15, 0.2) is 0 Å². The van der Waals surface area contributed by atoms with Gasteiger partial charge in [0.1, 0.15) is 12.2 Å². The molecule has 1 aliphatic heterocycles. The third-order valence-electron chi connectivity index (χ3n) is 2.95. The lowest BCUT2D eigenvalue weighted by Gasteiger charge is -2.34. The second kappa shape index (κ2) is 5.48. The molecule has 4 heteroatoms. The summed E-state index contributed by atoms with van der Waals surface area (Å²) in [5, 5.41) is 10.1. The molecule has 90 valence electrons. The molecule has 0 amide bonds. The standard InChI is InChI=1S/C12H19NO3/c1-2-4-13-5-7-16-11(8-13)12(14)10-3-6-15-9-10/h3,6,9,11-12,14H,2,4-5,7-8H2,1H3. The van der Waals surface area contributed by atoms with Crippen molar-refractivity contribution in [2.45, 2.75) is 25.6 Å². The molecule has 0 spiro atoms. The van der Waals surface area contributed by atoms with Crippen molar-refractivity contribution in [1.29, 1.82) is 0 Å². The first-order valence-corrected chi connectivity index (χ1v) is 5.85. The molecule has 1 aromatic heterocycles. The normalized spacial score (nSPS) is 24.5. The van der Waals surface area contributed by atoms with E-state index in [9.17, 15) is 5.11 Å². The first-order chi connectivity index (χ1) is 7.81. The van der Waals surface area contributed by atoms with Gasteiger partial charge < -0.3 is 14.3 Å². The van der Waals surface area contributed by atoms with Gasteiger partial charge in [-0.1, -0.05) is 6.92 Å². The van der Waals surface area contributed by atoms with Crippen LogP contribution in [-0.2, 0) is 4.74 Å². The Morgan fingerprint density at radius 1 is 1.62 bits per heavy atom. The van der Waals surface area contributed by atoms with Crippen LogP contribution in [0, 0.1) is 0 Å². The van der Waals surface area contributed by atoms with E-state index in [0.29, 0.717) is 6.61 Å². The third-order valence-corrected chi connectivity index (χ3v) is 2.95. The van der Waals surface area contributed by atoms with Crippen molar-refractivity contribution < 1.29 is 14.3 Å². The summed E-state index contributed by atoms with van der Waals surface area (Å²) in [6.45, 7) is 5.68. The van der Waals surface area contributed by atoms with Crippen LogP contribution in [0.1, 0.15) is 25.0 Å². The van der Waals surface area contributed by atoms with Gasteiger partial charge in [-0.05, 0) is 19.0 Å². The minimum Gasteiger partial charge on any atom is -0.472 e. The maximum absolute atomic E-state index is 10.1. The fourth-order valence-corrected chi connectivity index (χ4v) is 2.10. The lowest BCUT2D eigenvalue weighted by molar-refractivity contribution is -0.0899. The molecule has 1 saturated heterocycles. The average molecular weight is 225 g/mol. The van der Waals surface area contributed by atoms with Crippen LogP contribution in [0.2, 0.25) is 0 Å². The minimum absolute atomic E-state index is 0.141. The molecule has 4 nitrogen and oxygen atoms in total. The van der Waals surface area contributed by atoms with Crippen LogP contribution in [0.4, 0.5) is 0 Å². The van der Waals surface area contributed by atoms with E-state index in [2.05, 4.69) is 11.8 Å². The van der Waals surface area contributed by atoms with Crippen molar-refractivity contribution in [3.63, 3.8) is 0 Å². The molecule has 1 aliphatic rings. The van der Waals surface area contributed by atoms with Crippen molar-refractivity contribution in [3.8, 4) is 0 Å². The maximum atomic E-state index is 10.1. The van der Waals surface area contributed by atoms with Gasteiger partial charge in [0, 0.05) is 18.7 Å². The third kappa shape index (κ3) is 2.64. The molecule has 0 saturated carbocycles. The van der Waals surface area contributed by atoms with Gasteiger partial charge in [0.2, 0.25) is 0 Å². The first kappa shape index (κ1) is 11.6. The SMILES string of the molecule is CCCN1CCOC(C(O)c2ccoc2)C1. The van der Waals surface area contributed by atoms with E-state index in [0.717, 1.165) is 31.6 Å². The van der Waals surface area contributed by atoms with E-state index >= 15 is 0 Å². The predicted octanol–water partition coefficient (Wildman–Crippen LogP) is 1.42. The fourth-order valence-electron chi connectivity index (χ4n) is 2.10. The van der Waals surface area contributed by atoms with E-state index in [1.807, 2.05) is 0 Å². The average Bonchev–Trinajstić information content (AvgIpc) is 2.82. The Balaban J connectivity index is 1.93. The summed E-state index contributed by atoms with van der Waals surface area (Å²) in [7, 11) is 0. The van der Waals surface area contributed by atoms with Gasteiger partial charge in [-0.25, -0.2) is 0 Å². The smallest absolute Gasteiger partial charge is 0.109 e. The van der Waals surface area contributed by atoms with Crippen molar-refractivity contribution in [1.82, 2.24) is 4.90 Å². The van der Waals surface area contributed by atoms with Crippen molar-refractivity contribution in [3.05, 3.63) is 24.2 Å². The second-order valence-corrected chi connectivity index (χ2v) is 4.21. The number of ether oxygens (including phenoxy) is 1. The van der Waals surface area contributed by atoms with Crippen molar-refractivity contribution >= 4 is 0 Å². The number of aliphatic hydroxyl groups excluding tert-OH is 1. The Kier molecular flexibility index (Phi) is 3.98. The molecular weight excluding hydrogens is 206 g/mol. The summed E-state index contributed by atoms with van der Waals surface area (Å²) in [4.78, 5) is 2.33. The Labute approximate surface area is 95.8 Å². The highest BCUT2D eigenvalue weighted by atomic mass is 16.5. The minimum atomic E-state index is -0.585. The molecule has 2 unspecified atom stereocenters. The van der Waals surface area contributed by atoms with Gasteiger partial charge in [0.05, 0.1) is 19.1 Å². The molecule has 0 bridgehead atoms. The van der Waals surface area contributed by atoms with Crippen molar-refractivity contribution in [2.75, 3.05) is 26.2 Å². The molecule has 2 heterocycles. The molecule has 0 aliphatic carbocycles. The Hall–Kier alpha value is -0.840. The summed E-state index contributed by atoms with van der Waals surface area (Å²) in [6, 6.07) is 1.78. The number of nitrogens with zero attached hydrogens (tertiary/aromatic N) is 1. The predicted molar refractivity (Wildman–Crippen MR) is 60.1 cm³/mol. The van der Waals surface area contributed by atoms with E-state index in [-0.39, 0.29) is 6.10 Å². The summed E-state index contributed by atoms with van der Waals surface area (Å²) in [5.74, 6) is 0. The van der Waals surface area contributed by atoms with Gasteiger partial charge in [0.25, 0.3) is 0 Å². The largest absolute Gasteiger partial charge is 0.472 e. The highest BCUT2D eigenvalue weighted by molar-refractivity contribution is 5.11. The number of aliphatic hydroxyl groups is 1. The Morgan fingerprint density at radius 3 is 3.19 bits per heavy atom. The molecule has 1 fully saturated rings. The van der Waals surface area contributed by atoms with E-state index in [4.69, 9.17) is 9.15 Å². The Morgan fingerprint density at radius 2 is 2.50 bits per heavy atom. The lowest BCUT2D eigenvalue weighted by Crippen LogP contribution is -2.45. The van der Waals surface area contributed by atoms with Crippen LogP contribution < -0.4 is 0 Å². The maximum Gasteiger partial charge on any atom is 0.109 e. The number of hydrogen-bond acceptors (Lipinski definition) is 4. The highest BCUT2D eigenvalue weighted by Crippen LogP contribution is 2.22. The second-order valence-electron chi connectivity index (χ2n) is 4.21. The number of rotatable bonds is 4. The van der Waals surface area contributed by atoms with Crippen LogP contribution in [-0.4, -0.2) is 42.4 Å². The van der Waals surface area contributed by atoms with Gasteiger partial charge in [-0.2, -0.15) is 0 Å². The number of hydrogen-bond donors (Lipinski definition) is 1. The summed E-state index contributed by atoms with van der Waals surface area (Å²) >= 11 is 0. The van der Waals surface area contributed by atoms with Crippen LogP contribution in [0.15, 0.2) is 23.0 Å². The molecule has 2 rings (SSSR count). The monoisotopic (exact) mass is 225 g/mol. The van der Waals surface area contributed by atoms with Gasteiger partial charge >= 0.3 is 0 Å². The highest BCUT2D eigenvalue weighted by Gasteiger charge is 2.27. The molecule has 0 radical (unpaired) electrons. The molecular formula is C12H19NO3.